The minimum atomic E-state index is -0.342. The van der Waals surface area contributed by atoms with Gasteiger partial charge in [0.05, 0.1) is 13.3 Å². The van der Waals surface area contributed by atoms with Crippen LogP contribution in [0.15, 0.2) is 23.3 Å². The van der Waals surface area contributed by atoms with Crippen molar-refractivity contribution in [1.29, 1.82) is 0 Å². The van der Waals surface area contributed by atoms with E-state index in [2.05, 4.69) is 5.10 Å². The first-order valence-electron chi connectivity index (χ1n) is 3.34. The molecule has 0 fully saturated rings. The number of hydrogen-bond donors (Lipinski definition) is 1. The van der Waals surface area contributed by atoms with Crippen molar-refractivity contribution in [3.8, 4) is 5.75 Å². The molecule has 0 unspecified atom stereocenters. The maximum Gasteiger partial charge on any atom is 0.127 e. The number of ether oxygens (including phenoxy) is 1. The van der Waals surface area contributed by atoms with Gasteiger partial charge in [0, 0.05) is 5.56 Å². The molecule has 1 aromatic carbocycles. The first-order valence-corrected chi connectivity index (χ1v) is 3.34. The van der Waals surface area contributed by atoms with Crippen LogP contribution in [0.25, 0.3) is 0 Å². The Morgan fingerprint density at radius 1 is 1.58 bits per heavy atom. The molecule has 1 aromatic rings. The summed E-state index contributed by atoms with van der Waals surface area (Å²) in [6.45, 7) is 0. The van der Waals surface area contributed by atoms with Gasteiger partial charge in [-0.3, -0.25) is 0 Å². The van der Waals surface area contributed by atoms with E-state index in [0.717, 1.165) is 0 Å². The van der Waals surface area contributed by atoms with Gasteiger partial charge in [0.25, 0.3) is 0 Å². The van der Waals surface area contributed by atoms with E-state index >= 15 is 0 Å². The van der Waals surface area contributed by atoms with Crippen LogP contribution in [0.1, 0.15) is 5.56 Å². The van der Waals surface area contributed by atoms with E-state index in [1.54, 1.807) is 0 Å². The molecule has 1 rings (SSSR count). The smallest absolute Gasteiger partial charge is 0.127 e. The monoisotopic (exact) mass is 168 g/mol. The number of benzene rings is 1. The Morgan fingerprint density at radius 3 is 2.92 bits per heavy atom. The van der Waals surface area contributed by atoms with Crippen molar-refractivity contribution in [2.24, 2.45) is 10.9 Å². The molecule has 0 spiro atoms. The predicted octanol–water partition coefficient (Wildman–Crippen LogP) is 1.13. The van der Waals surface area contributed by atoms with E-state index in [-0.39, 0.29) is 5.82 Å². The molecule has 0 aromatic heterocycles. The van der Waals surface area contributed by atoms with Crippen LogP contribution < -0.4 is 10.6 Å². The maximum absolute atomic E-state index is 12.6. The van der Waals surface area contributed by atoms with Gasteiger partial charge in [-0.1, -0.05) is 0 Å². The number of nitrogens with zero attached hydrogens (tertiary/aromatic N) is 1. The van der Waals surface area contributed by atoms with Gasteiger partial charge in [-0.25, -0.2) is 4.39 Å². The Bertz CT molecular complexity index is 299. The predicted molar refractivity (Wildman–Crippen MR) is 44.7 cm³/mol. The molecule has 0 saturated carbocycles. The second kappa shape index (κ2) is 3.71. The molecule has 0 aliphatic carbocycles. The fourth-order valence-electron chi connectivity index (χ4n) is 0.886. The molecule has 4 heteroatoms. The van der Waals surface area contributed by atoms with Crippen LogP contribution in [-0.4, -0.2) is 13.3 Å². The van der Waals surface area contributed by atoms with Crippen LogP contribution >= 0.6 is 0 Å². The van der Waals surface area contributed by atoms with Crippen molar-refractivity contribution in [3.05, 3.63) is 29.6 Å². The van der Waals surface area contributed by atoms with Crippen LogP contribution in [-0.2, 0) is 0 Å². The minimum Gasteiger partial charge on any atom is -0.496 e. The highest BCUT2D eigenvalue weighted by atomic mass is 19.1. The van der Waals surface area contributed by atoms with Gasteiger partial charge in [-0.2, -0.15) is 5.10 Å². The van der Waals surface area contributed by atoms with Crippen molar-refractivity contribution >= 4 is 6.21 Å². The van der Waals surface area contributed by atoms with Crippen LogP contribution in [0.4, 0.5) is 4.39 Å². The van der Waals surface area contributed by atoms with Crippen LogP contribution in [0.3, 0.4) is 0 Å². The average molecular weight is 168 g/mol. The number of halogens is 1. The Labute approximate surface area is 69.6 Å². The molecule has 3 nitrogen and oxygen atoms in total. The average Bonchev–Trinajstić information content (AvgIpc) is 2.05. The van der Waals surface area contributed by atoms with E-state index < -0.39 is 0 Å². The summed E-state index contributed by atoms with van der Waals surface area (Å²) in [6.07, 6.45) is 1.34. The van der Waals surface area contributed by atoms with Crippen molar-refractivity contribution < 1.29 is 9.13 Å². The summed E-state index contributed by atoms with van der Waals surface area (Å²) in [5.74, 6) is 5.13. The molecule has 0 aliphatic heterocycles. The zero-order chi connectivity index (χ0) is 8.97. The second-order valence-corrected chi connectivity index (χ2v) is 2.16. The molecule has 0 saturated heterocycles. The molecule has 12 heavy (non-hydrogen) atoms. The summed E-state index contributed by atoms with van der Waals surface area (Å²) in [7, 11) is 1.50. The molecule has 0 amide bonds. The molecule has 64 valence electrons. The van der Waals surface area contributed by atoms with Crippen LogP contribution in [0.2, 0.25) is 0 Å². The Kier molecular flexibility index (Phi) is 2.63. The van der Waals surface area contributed by atoms with Crippen molar-refractivity contribution in [1.82, 2.24) is 0 Å². The fourth-order valence-corrected chi connectivity index (χ4v) is 0.886. The molecule has 0 bridgehead atoms. The summed E-state index contributed by atoms with van der Waals surface area (Å²) in [4.78, 5) is 0. The first-order chi connectivity index (χ1) is 5.77. The van der Waals surface area contributed by atoms with Crippen LogP contribution in [0.5, 0.6) is 5.75 Å². The lowest BCUT2D eigenvalue weighted by Gasteiger charge is -2.02. The van der Waals surface area contributed by atoms with Gasteiger partial charge in [0.15, 0.2) is 0 Å². The Morgan fingerprint density at radius 2 is 2.33 bits per heavy atom. The van der Waals surface area contributed by atoms with Gasteiger partial charge in [-0.15, -0.1) is 0 Å². The third-order valence-corrected chi connectivity index (χ3v) is 1.41. The minimum absolute atomic E-state index is 0.342. The quantitative estimate of drug-likeness (QED) is 0.408. The zero-order valence-electron chi connectivity index (χ0n) is 6.62. The number of rotatable bonds is 2. The lowest BCUT2D eigenvalue weighted by atomic mass is 10.2. The molecule has 0 heterocycles. The van der Waals surface area contributed by atoms with E-state index in [9.17, 15) is 4.39 Å². The van der Waals surface area contributed by atoms with Gasteiger partial charge in [-0.05, 0) is 18.2 Å². The topological polar surface area (TPSA) is 47.6 Å². The highest BCUT2D eigenvalue weighted by Crippen LogP contribution is 2.16. The third kappa shape index (κ3) is 1.72. The number of hydrogen-bond acceptors (Lipinski definition) is 3. The largest absolute Gasteiger partial charge is 0.496 e. The first kappa shape index (κ1) is 8.52. The Balaban J connectivity index is 3.12. The molecule has 2 N–H and O–H groups in total. The SMILES string of the molecule is COc1ccc(F)cc1/C=N/N. The highest BCUT2D eigenvalue weighted by Gasteiger charge is 2.00. The molecular weight excluding hydrogens is 159 g/mol. The summed E-state index contributed by atoms with van der Waals surface area (Å²) in [5, 5.41) is 3.28. The maximum atomic E-state index is 12.6. The van der Waals surface area contributed by atoms with Crippen molar-refractivity contribution in [2.45, 2.75) is 0 Å². The normalized spacial score (nSPS) is 10.5. The van der Waals surface area contributed by atoms with Gasteiger partial charge in [0.2, 0.25) is 0 Å². The summed E-state index contributed by atoms with van der Waals surface area (Å²) < 4.78 is 17.6. The summed E-state index contributed by atoms with van der Waals surface area (Å²) >= 11 is 0. The number of methoxy groups -OCH3 is 1. The zero-order valence-corrected chi connectivity index (χ0v) is 6.62. The Hall–Kier alpha value is -1.58. The van der Waals surface area contributed by atoms with Crippen LogP contribution in [0, 0.1) is 5.82 Å². The van der Waals surface area contributed by atoms with E-state index in [0.29, 0.717) is 11.3 Å². The third-order valence-electron chi connectivity index (χ3n) is 1.41. The van der Waals surface area contributed by atoms with E-state index in [1.807, 2.05) is 0 Å². The summed E-state index contributed by atoms with van der Waals surface area (Å²) in [6, 6.07) is 4.13. The summed E-state index contributed by atoms with van der Waals surface area (Å²) in [5.41, 5.74) is 0.528. The molecule has 0 atom stereocenters. The van der Waals surface area contributed by atoms with E-state index in [1.165, 1.54) is 31.5 Å². The van der Waals surface area contributed by atoms with Crippen molar-refractivity contribution in [2.75, 3.05) is 7.11 Å². The van der Waals surface area contributed by atoms with Gasteiger partial charge in [0.1, 0.15) is 11.6 Å². The molecule has 0 radical (unpaired) electrons. The lowest BCUT2D eigenvalue weighted by Crippen LogP contribution is -1.93. The fraction of sp³-hybridized carbons (Fsp3) is 0.125. The molecular formula is C8H9FN2O. The second-order valence-electron chi connectivity index (χ2n) is 2.16. The standard InChI is InChI=1S/C8H9FN2O/c1-12-8-3-2-7(9)4-6(8)5-11-10/h2-5H,10H2,1H3/b11-5+. The van der Waals surface area contributed by atoms with E-state index in [4.69, 9.17) is 10.6 Å². The number of hydrazone groups is 1. The van der Waals surface area contributed by atoms with Crippen molar-refractivity contribution in [3.63, 3.8) is 0 Å². The molecule has 0 aliphatic rings. The number of nitrogens with two attached hydrogens (primary N) is 1. The van der Waals surface area contributed by atoms with Gasteiger partial charge < -0.3 is 10.6 Å². The lowest BCUT2D eigenvalue weighted by molar-refractivity contribution is 0.413. The van der Waals surface area contributed by atoms with Gasteiger partial charge >= 0.3 is 0 Å². The highest BCUT2D eigenvalue weighted by molar-refractivity contribution is 5.83.